The molecule has 68 valence electrons. The van der Waals surface area contributed by atoms with Crippen molar-refractivity contribution in [3.63, 3.8) is 0 Å². The quantitative estimate of drug-likeness (QED) is 0.747. The van der Waals surface area contributed by atoms with E-state index in [0.717, 1.165) is 12.1 Å². The number of carboxylic acid groups (broad SMARTS) is 1. The molecule has 0 saturated heterocycles. The van der Waals surface area contributed by atoms with E-state index in [9.17, 15) is 14.0 Å². The number of carbonyl (C=O) groups excluding carboxylic acids is 1. The van der Waals surface area contributed by atoms with Crippen LogP contribution in [0.15, 0.2) is 12.1 Å². The Morgan fingerprint density at radius 2 is 2.15 bits per heavy atom. The average Bonchev–Trinajstić information content (AvgIpc) is 2.09. The molecule has 1 aromatic rings. The summed E-state index contributed by atoms with van der Waals surface area (Å²) in [7, 11) is 0. The largest absolute Gasteiger partial charge is 0.478 e. The number of carboxylic acids is 1. The molecule has 3 nitrogen and oxygen atoms in total. The first-order chi connectivity index (χ1) is 6.06. The van der Waals surface area contributed by atoms with Crippen LogP contribution < -0.4 is 0 Å². The molecule has 0 atom stereocenters. The van der Waals surface area contributed by atoms with E-state index in [1.165, 1.54) is 0 Å². The van der Waals surface area contributed by atoms with Gasteiger partial charge >= 0.3 is 5.97 Å². The minimum atomic E-state index is -1.26. The molecular formula is C8H4ClFO3. The maximum absolute atomic E-state index is 12.9. The molecule has 0 radical (unpaired) electrons. The van der Waals surface area contributed by atoms with Crippen LogP contribution in [0.3, 0.4) is 0 Å². The van der Waals surface area contributed by atoms with E-state index >= 15 is 0 Å². The number of aldehydes is 1. The van der Waals surface area contributed by atoms with Crippen molar-refractivity contribution in [2.45, 2.75) is 0 Å². The molecule has 0 spiro atoms. The highest BCUT2D eigenvalue weighted by Crippen LogP contribution is 2.19. The third-order valence-electron chi connectivity index (χ3n) is 1.43. The van der Waals surface area contributed by atoms with Gasteiger partial charge in [0.05, 0.1) is 16.1 Å². The molecule has 1 aromatic carbocycles. The number of carbonyl (C=O) groups is 2. The minimum absolute atomic E-state index is 0.214. The monoisotopic (exact) mass is 202 g/mol. The smallest absolute Gasteiger partial charge is 0.335 e. The van der Waals surface area contributed by atoms with Gasteiger partial charge in [0, 0.05) is 0 Å². The SMILES string of the molecule is O=Cc1cc(C(=O)O)cc(Cl)c1F. The number of hydrogen-bond acceptors (Lipinski definition) is 2. The molecular weight excluding hydrogens is 199 g/mol. The second-order valence-corrected chi connectivity index (χ2v) is 2.69. The molecule has 0 amide bonds. The van der Waals surface area contributed by atoms with Gasteiger partial charge < -0.3 is 5.11 Å². The summed E-state index contributed by atoms with van der Waals surface area (Å²) in [4.78, 5) is 20.7. The van der Waals surface area contributed by atoms with Gasteiger partial charge in [0.25, 0.3) is 0 Å². The van der Waals surface area contributed by atoms with Crippen LogP contribution in [-0.4, -0.2) is 17.4 Å². The van der Waals surface area contributed by atoms with E-state index in [0.29, 0.717) is 0 Å². The Kier molecular flexibility index (Phi) is 2.63. The Bertz CT molecular complexity index is 376. The van der Waals surface area contributed by atoms with Crippen LogP contribution in [0.2, 0.25) is 5.02 Å². The molecule has 0 aromatic heterocycles. The van der Waals surface area contributed by atoms with Gasteiger partial charge in [-0.25, -0.2) is 9.18 Å². The lowest BCUT2D eigenvalue weighted by Crippen LogP contribution is -2.00. The number of aromatic carboxylic acids is 1. The lowest BCUT2D eigenvalue weighted by atomic mass is 10.1. The molecule has 0 aliphatic heterocycles. The number of benzene rings is 1. The number of rotatable bonds is 2. The molecule has 0 saturated carbocycles. The molecule has 1 N–H and O–H groups in total. The molecule has 1 rings (SSSR count). The molecule has 0 unspecified atom stereocenters. The highest BCUT2D eigenvalue weighted by atomic mass is 35.5. The van der Waals surface area contributed by atoms with Crippen LogP contribution in [0.4, 0.5) is 4.39 Å². The molecule has 0 aliphatic rings. The van der Waals surface area contributed by atoms with Crippen molar-refractivity contribution in [2.24, 2.45) is 0 Å². The lowest BCUT2D eigenvalue weighted by molar-refractivity contribution is 0.0697. The highest BCUT2D eigenvalue weighted by Gasteiger charge is 2.12. The van der Waals surface area contributed by atoms with Crippen LogP contribution in [0.5, 0.6) is 0 Å². The minimum Gasteiger partial charge on any atom is -0.478 e. The Morgan fingerprint density at radius 3 is 2.62 bits per heavy atom. The third-order valence-corrected chi connectivity index (χ3v) is 1.71. The molecule has 0 bridgehead atoms. The third kappa shape index (κ3) is 1.84. The van der Waals surface area contributed by atoms with Crippen LogP contribution in [-0.2, 0) is 0 Å². The van der Waals surface area contributed by atoms with Crippen LogP contribution in [0, 0.1) is 5.82 Å². The summed E-state index contributed by atoms with van der Waals surface area (Å²) < 4.78 is 12.9. The Labute approximate surface area is 77.7 Å². The fraction of sp³-hybridized carbons (Fsp3) is 0. The van der Waals surface area contributed by atoms with Gasteiger partial charge in [0.15, 0.2) is 12.1 Å². The maximum Gasteiger partial charge on any atom is 0.335 e. The van der Waals surface area contributed by atoms with E-state index in [-0.39, 0.29) is 22.4 Å². The summed E-state index contributed by atoms with van der Waals surface area (Å²) in [5.74, 6) is -2.16. The first-order valence-corrected chi connectivity index (χ1v) is 3.61. The normalized spacial score (nSPS) is 9.69. The predicted octanol–water partition coefficient (Wildman–Crippen LogP) is 1.99. The summed E-state index contributed by atoms with van der Waals surface area (Å²) >= 11 is 5.34. The van der Waals surface area contributed by atoms with Crippen LogP contribution >= 0.6 is 11.6 Å². The van der Waals surface area contributed by atoms with Gasteiger partial charge in [-0.2, -0.15) is 0 Å². The molecule has 0 heterocycles. The maximum atomic E-state index is 12.9. The van der Waals surface area contributed by atoms with E-state index in [4.69, 9.17) is 16.7 Å². The van der Waals surface area contributed by atoms with Crippen molar-refractivity contribution >= 4 is 23.9 Å². The van der Waals surface area contributed by atoms with E-state index in [2.05, 4.69) is 0 Å². The first-order valence-electron chi connectivity index (χ1n) is 3.23. The zero-order valence-electron chi connectivity index (χ0n) is 6.25. The fourth-order valence-corrected chi connectivity index (χ4v) is 1.05. The summed E-state index contributed by atoms with van der Waals surface area (Å²) in [5, 5.41) is 8.15. The number of hydrogen-bond donors (Lipinski definition) is 1. The van der Waals surface area contributed by atoms with Crippen molar-refractivity contribution in [3.05, 3.63) is 34.1 Å². The number of halogens is 2. The molecule has 0 fully saturated rings. The summed E-state index contributed by atoms with van der Waals surface area (Å²) in [6, 6.07) is 1.88. The second-order valence-electron chi connectivity index (χ2n) is 2.28. The average molecular weight is 203 g/mol. The van der Waals surface area contributed by atoms with Crippen molar-refractivity contribution in [2.75, 3.05) is 0 Å². The molecule has 13 heavy (non-hydrogen) atoms. The van der Waals surface area contributed by atoms with Crippen molar-refractivity contribution in [1.82, 2.24) is 0 Å². The topological polar surface area (TPSA) is 54.4 Å². The Morgan fingerprint density at radius 1 is 1.54 bits per heavy atom. The van der Waals surface area contributed by atoms with Gasteiger partial charge in [-0.3, -0.25) is 4.79 Å². The Hall–Kier alpha value is -1.42. The van der Waals surface area contributed by atoms with Crippen molar-refractivity contribution < 1.29 is 19.1 Å². The zero-order chi connectivity index (χ0) is 10.0. The lowest BCUT2D eigenvalue weighted by Gasteiger charge is -1.99. The fourth-order valence-electron chi connectivity index (χ4n) is 0.820. The second kappa shape index (κ2) is 3.53. The highest BCUT2D eigenvalue weighted by molar-refractivity contribution is 6.31. The Balaban J connectivity index is 3.38. The van der Waals surface area contributed by atoms with Crippen LogP contribution in [0.1, 0.15) is 20.7 Å². The van der Waals surface area contributed by atoms with Gasteiger partial charge in [-0.05, 0) is 12.1 Å². The predicted molar refractivity (Wildman–Crippen MR) is 43.8 cm³/mol. The standard InChI is InChI=1S/C8H4ClFO3/c9-6-2-4(8(12)13)1-5(3-11)7(6)10/h1-3H,(H,12,13). The van der Waals surface area contributed by atoms with E-state index < -0.39 is 11.8 Å². The summed E-state index contributed by atoms with van der Waals surface area (Å²) in [6.45, 7) is 0. The van der Waals surface area contributed by atoms with Crippen molar-refractivity contribution in [3.8, 4) is 0 Å². The molecule has 0 aliphatic carbocycles. The van der Waals surface area contributed by atoms with Crippen LogP contribution in [0.25, 0.3) is 0 Å². The van der Waals surface area contributed by atoms with Gasteiger partial charge in [-0.1, -0.05) is 11.6 Å². The van der Waals surface area contributed by atoms with E-state index in [1.807, 2.05) is 0 Å². The van der Waals surface area contributed by atoms with Gasteiger partial charge in [0.2, 0.25) is 0 Å². The van der Waals surface area contributed by atoms with Gasteiger partial charge in [0.1, 0.15) is 0 Å². The van der Waals surface area contributed by atoms with Gasteiger partial charge in [-0.15, -0.1) is 0 Å². The summed E-state index contributed by atoms with van der Waals surface area (Å²) in [5.41, 5.74) is -0.571. The first kappa shape index (κ1) is 9.67. The zero-order valence-corrected chi connectivity index (χ0v) is 7.01. The van der Waals surface area contributed by atoms with Crippen molar-refractivity contribution in [1.29, 1.82) is 0 Å². The molecule has 5 heteroatoms. The van der Waals surface area contributed by atoms with E-state index in [1.54, 1.807) is 0 Å². The summed E-state index contributed by atoms with van der Waals surface area (Å²) in [6.07, 6.45) is 0.216.